The molecule has 1 heterocycles. The molecule has 2 aromatic rings. The molecule has 0 spiro atoms. The molecular formula is C21H25ClN2O3. The predicted molar refractivity (Wildman–Crippen MR) is 106 cm³/mol. The number of carbonyl (C=O) groups excluding carboxylic acids is 1. The Labute approximate surface area is 164 Å². The molecule has 1 unspecified atom stereocenters. The highest BCUT2D eigenvalue weighted by molar-refractivity contribution is 6.31. The number of ether oxygens (including phenoxy) is 1. The van der Waals surface area contributed by atoms with Gasteiger partial charge in [0.15, 0.2) is 0 Å². The molecule has 3 rings (SSSR count). The first-order valence-electron chi connectivity index (χ1n) is 9.11. The topological polar surface area (TPSA) is 61.8 Å². The number of nitrogens with zero attached hydrogens (tertiary/aromatic N) is 1. The monoisotopic (exact) mass is 388 g/mol. The number of fused-ring (bicyclic) bond motifs is 1. The molecule has 144 valence electrons. The van der Waals surface area contributed by atoms with E-state index >= 15 is 0 Å². The SMILES string of the molecule is COC[C@@H](O)CNCC(=O)N1CCc2ccccc2C1c1ccccc1Cl. The largest absolute Gasteiger partial charge is 0.389 e. The lowest BCUT2D eigenvalue weighted by Crippen LogP contribution is -2.45. The summed E-state index contributed by atoms with van der Waals surface area (Å²) < 4.78 is 4.90. The lowest BCUT2D eigenvalue weighted by molar-refractivity contribution is -0.132. The van der Waals surface area contributed by atoms with Crippen LogP contribution in [0.5, 0.6) is 0 Å². The molecule has 6 heteroatoms. The van der Waals surface area contributed by atoms with Gasteiger partial charge in [-0.25, -0.2) is 0 Å². The molecule has 1 amide bonds. The second-order valence-electron chi connectivity index (χ2n) is 6.70. The molecule has 2 aromatic carbocycles. The second kappa shape index (κ2) is 9.33. The molecule has 1 aliphatic rings. The van der Waals surface area contributed by atoms with Crippen LogP contribution in [0.4, 0.5) is 0 Å². The number of amides is 1. The van der Waals surface area contributed by atoms with Gasteiger partial charge in [0.2, 0.25) is 5.91 Å². The highest BCUT2D eigenvalue weighted by atomic mass is 35.5. The lowest BCUT2D eigenvalue weighted by atomic mass is 9.88. The van der Waals surface area contributed by atoms with Crippen LogP contribution in [0.25, 0.3) is 0 Å². The van der Waals surface area contributed by atoms with Gasteiger partial charge in [-0.15, -0.1) is 0 Å². The fourth-order valence-electron chi connectivity index (χ4n) is 3.57. The number of halogens is 1. The summed E-state index contributed by atoms with van der Waals surface area (Å²) in [4.78, 5) is 14.8. The maximum atomic E-state index is 12.9. The molecule has 0 fully saturated rings. The van der Waals surface area contributed by atoms with Crippen molar-refractivity contribution in [3.63, 3.8) is 0 Å². The molecule has 0 aliphatic carbocycles. The first-order valence-corrected chi connectivity index (χ1v) is 9.49. The third kappa shape index (κ3) is 4.68. The van der Waals surface area contributed by atoms with Crippen LogP contribution >= 0.6 is 11.6 Å². The molecule has 0 saturated carbocycles. The zero-order chi connectivity index (χ0) is 19.2. The minimum absolute atomic E-state index is 0.0148. The fourth-order valence-corrected chi connectivity index (χ4v) is 3.81. The number of carbonyl (C=O) groups is 1. The standard InChI is InChI=1S/C21H25ClN2O3/c1-27-14-16(25)12-23-13-20(26)24-11-10-15-6-2-3-7-17(15)21(24)18-8-4-5-9-19(18)22/h2-9,16,21,23,25H,10-14H2,1H3/t16-,21?/m0/s1. The van der Waals surface area contributed by atoms with E-state index in [9.17, 15) is 9.90 Å². The van der Waals surface area contributed by atoms with Crippen molar-refractivity contribution in [3.05, 3.63) is 70.2 Å². The van der Waals surface area contributed by atoms with Crippen molar-refractivity contribution in [2.24, 2.45) is 0 Å². The van der Waals surface area contributed by atoms with E-state index in [0.29, 0.717) is 18.1 Å². The van der Waals surface area contributed by atoms with E-state index < -0.39 is 6.10 Å². The fraction of sp³-hybridized carbons (Fsp3) is 0.381. The van der Waals surface area contributed by atoms with Crippen molar-refractivity contribution in [3.8, 4) is 0 Å². The van der Waals surface area contributed by atoms with Crippen LogP contribution in [-0.2, 0) is 16.0 Å². The number of aliphatic hydroxyl groups excluding tert-OH is 1. The summed E-state index contributed by atoms with van der Waals surface area (Å²) >= 11 is 6.47. The number of hydrogen-bond acceptors (Lipinski definition) is 4. The maximum absolute atomic E-state index is 12.9. The number of hydrogen-bond donors (Lipinski definition) is 2. The van der Waals surface area contributed by atoms with Crippen LogP contribution in [0.3, 0.4) is 0 Å². The van der Waals surface area contributed by atoms with Gasteiger partial charge in [0.05, 0.1) is 25.3 Å². The molecule has 0 aromatic heterocycles. The van der Waals surface area contributed by atoms with E-state index in [1.165, 1.54) is 12.7 Å². The summed E-state index contributed by atoms with van der Waals surface area (Å²) in [5.41, 5.74) is 3.29. The van der Waals surface area contributed by atoms with Gasteiger partial charge in [0.25, 0.3) is 0 Å². The summed E-state index contributed by atoms with van der Waals surface area (Å²) in [6.07, 6.45) is 0.180. The minimum atomic E-state index is -0.635. The number of benzene rings is 2. The maximum Gasteiger partial charge on any atom is 0.237 e. The number of aliphatic hydroxyl groups is 1. The Morgan fingerprint density at radius 2 is 1.96 bits per heavy atom. The quantitative estimate of drug-likeness (QED) is 0.764. The van der Waals surface area contributed by atoms with Crippen LogP contribution < -0.4 is 5.32 Å². The summed E-state index contributed by atoms with van der Waals surface area (Å²) in [7, 11) is 1.54. The third-order valence-corrected chi connectivity index (χ3v) is 5.16. The summed E-state index contributed by atoms with van der Waals surface area (Å²) in [6.45, 7) is 1.33. The molecule has 0 bridgehead atoms. The second-order valence-corrected chi connectivity index (χ2v) is 7.11. The van der Waals surface area contributed by atoms with Crippen molar-refractivity contribution < 1.29 is 14.6 Å². The zero-order valence-corrected chi connectivity index (χ0v) is 16.2. The number of methoxy groups -OCH3 is 1. The summed E-state index contributed by atoms with van der Waals surface area (Å²) in [5, 5.41) is 13.4. The van der Waals surface area contributed by atoms with Crippen molar-refractivity contribution in [2.75, 3.05) is 33.4 Å². The van der Waals surface area contributed by atoms with Gasteiger partial charge in [0, 0.05) is 25.2 Å². The van der Waals surface area contributed by atoms with E-state index in [1.807, 2.05) is 41.3 Å². The Morgan fingerprint density at radius 1 is 1.26 bits per heavy atom. The number of rotatable bonds is 7. The summed E-state index contributed by atoms with van der Waals surface area (Å²) in [6, 6.07) is 15.7. The third-order valence-electron chi connectivity index (χ3n) is 4.82. The Morgan fingerprint density at radius 3 is 2.70 bits per heavy atom. The molecular weight excluding hydrogens is 364 g/mol. The van der Waals surface area contributed by atoms with E-state index in [-0.39, 0.29) is 25.1 Å². The molecule has 2 atom stereocenters. The van der Waals surface area contributed by atoms with E-state index in [0.717, 1.165) is 17.5 Å². The molecule has 2 N–H and O–H groups in total. The average molecular weight is 389 g/mol. The van der Waals surface area contributed by atoms with Crippen LogP contribution in [0, 0.1) is 0 Å². The van der Waals surface area contributed by atoms with Crippen molar-refractivity contribution in [1.29, 1.82) is 0 Å². The van der Waals surface area contributed by atoms with Crippen LogP contribution in [0.15, 0.2) is 48.5 Å². The first-order chi connectivity index (χ1) is 13.1. The lowest BCUT2D eigenvalue weighted by Gasteiger charge is -2.38. The van der Waals surface area contributed by atoms with Gasteiger partial charge in [0.1, 0.15) is 0 Å². The normalized spacial score (nSPS) is 17.4. The molecule has 1 aliphatic heterocycles. The average Bonchev–Trinajstić information content (AvgIpc) is 2.68. The zero-order valence-electron chi connectivity index (χ0n) is 15.4. The first kappa shape index (κ1) is 19.8. The van der Waals surface area contributed by atoms with Gasteiger partial charge in [-0.3, -0.25) is 4.79 Å². The Hall–Kier alpha value is -1.92. The Kier molecular flexibility index (Phi) is 6.85. The molecule has 5 nitrogen and oxygen atoms in total. The smallest absolute Gasteiger partial charge is 0.237 e. The molecule has 0 saturated heterocycles. The minimum Gasteiger partial charge on any atom is -0.389 e. The van der Waals surface area contributed by atoms with Gasteiger partial charge in [-0.2, -0.15) is 0 Å². The Balaban J connectivity index is 1.81. The van der Waals surface area contributed by atoms with Crippen molar-refractivity contribution in [2.45, 2.75) is 18.6 Å². The van der Waals surface area contributed by atoms with Gasteiger partial charge in [-0.1, -0.05) is 54.1 Å². The highest BCUT2D eigenvalue weighted by Gasteiger charge is 2.32. The molecule has 27 heavy (non-hydrogen) atoms. The van der Waals surface area contributed by atoms with Crippen LogP contribution in [-0.4, -0.2) is 55.4 Å². The summed E-state index contributed by atoms with van der Waals surface area (Å²) in [5.74, 6) is -0.0148. The van der Waals surface area contributed by atoms with E-state index in [2.05, 4.69) is 17.4 Å². The van der Waals surface area contributed by atoms with Crippen LogP contribution in [0.2, 0.25) is 5.02 Å². The highest BCUT2D eigenvalue weighted by Crippen LogP contribution is 2.38. The van der Waals surface area contributed by atoms with Crippen molar-refractivity contribution in [1.82, 2.24) is 10.2 Å². The van der Waals surface area contributed by atoms with Gasteiger partial charge < -0.3 is 20.1 Å². The Bertz CT molecular complexity index is 784. The van der Waals surface area contributed by atoms with Crippen molar-refractivity contribution >= 4 is 17.5 Å². The predicted octanol–water partition coefficient (Wildman–Crippen LogP) is 2.41. The molecule has 0 radical (unpaired) electrons. The van der Waals surface area contributed by atoms with E-state index in [1.54, 1.807) is 0 Å². The van der Waals surface area contributed by atoms with E-state index in [4.69, 9.17) is 16.3 Å². The van der Waals surface area contributed by atoms with Crippen LogP contribution in [0.1, 0.15) is 22.7 Å². The van der Waals surface area contributed by atoms with Gasteiger partial charge in [-0.05, 0) is 29.2 Å². The van der Waals surface area contributed by atoms with Gasteiger partial charge >= 0.3 is 0 Å². The number of nitrogens with one attached hydrogen (secondary N) is 1.